The number of fused-ring (bicyclic) bond motifs is 2. The van der Waals surface area contributed by atoms with E-state index in [0.717, 1.165) is 0 Å². The molecule has 2 aromatic rings. The number of benzene rings is 1. The van der Waals surface area contributed by atoms with Crippen LogP contribution in [0, 0.1) is 0 Å². The van der Waals surface area contributed by atoms with E-state index in [0.29, 0.717) is 5.92 Å². The molecule has 0 fully saturated rings. The maximum atomic E-state index is 2.44. The van der Waals surface area contributed by atoms with Crippen LogP contribution in [0.25, 0.3) is 10.8 Å². The zero-order valence-electron chi connectivity index (χ0n) is 10.0. The molecule has 0 bridgehead atoms. The zero-order valence-corrected chi connectivity index (χ0v) is 12.5. The van der Waals surface area contributed by atoms with E-state index in [1.165, 1.54) is 35.6 Å². The summed E-state index contributed by atoms with van der Waals surface area (Å²) in [6.07, 6.45) is 3.92. The van der Waals surface area contributed by atoms with Crippen LogP contribution >= 0.6 is 0 Å². The molecule has 0 unspecified atom stereocenters. The average Bonchev–Trinajstić information content (AvgIpc) is 2.77. The van der Waals surface area contributed by atoms with Crippen LogP contribution in [0.3, 0.4) is 0 Å². The summed E-state index contributed by atoms with van der Waals surface area (Å²) in [4.78, 5) is 0. The zero-order chi connectivity index (χ0) is 10.4. The second kappa shape index (κ2) is 4.53. The molecule has 0 spiro atoms. The van der Waals surface area contributed by atoms with E-state index in [-0.39, 0.29) is 26.2 Å². The molecule has 0 aliphatic heterocycles. The van der Waals surface area contributed by atoms with Crippen LogP contribution < -0.4 is 0 Å². The molecule has 0 saturated heterocycles. The predicted molar refractivity (Wildman–Crippen MR) is 65.7 cm³/mol. The smallest absolute Gasteiger partial charge is 0 e. The van der Waals surface area contributed by atoms with Crippen LogP contribution in [-0.2, 0) is 39.0 Å². The van der Waals surface area contributed by atoms with Gasteiger partial charge in [-0.25, -0.2) is 0 Å². The molecule has 1 aliphatic rings. The largest absolute Gasteiger partial charge is 0.151 e. The van der Waals surface area contributed by atoms with Crippen molar-refractivity contribution in [3.05, 3.63) is 41.0 Å². The van der Waals surface area contributed by atoms with Gasteiger partial charge in [-0.15, -0.1) is 35.0 Å². The molecular weight excluding hydrogens is 271 g/mol. The molecule has 0 aromatic heterocycles. The fourth-order valence-electron chi connectivity index (χ4n) is 2.80. The predicted octanol–water partition coefficient (Wildman–Crippen LogP) is 4.17. The van der Waals surface area contributed by atoms with Crippen molar-refractivity contribution in [3.8, 4) is 0 Å². The molecule has 1 heteroatoms. The molecule has 0 saturated carbocycles. The summed E-state index contributed by atoms with van der Waals surface area (Å²) < 4.78 is 0. The summed E-state index contributed by atoms with van der Waals surface area (Å²) in [6.45, 7) is 4.56. The Morgan fingerprint density at radius 1 is 1.12 bits per heavy atom. The Labute approximate surface area is 117 Å². The second-order valence-electron chi connectivity index (χ2n) is 5.01. The maximum Gasteiger partial charge on any atom is 0 e. The molecule has 2 aromatic carbocycles. The minimum atomic E-state index is 0. The Morgan fingerprint density at radius 3 is 2.50 bits per heavy atom. The summed E-state index contributed by atoms with van der Waals surface area (Å²) >= 11 is 0. The maximum absolute atomic E-state index is 2.44. The molecule has 1 aliphatic carbocycles. The first-order valence-electron chi connectivity index (χ1n) is 5.97. The van der Waals surface area contributed by atoms with Crippen molar-refractivity contribution in [2.45, 2.75) is 39.0 Å². The SMILES string of the molecule is CC(C)c1c[cH-]c2cc3c(cc12)CCC3.[Zr]. The molecule has 82 valence electrons. The minimum absolute atomic E-state index is 0. The van der Waals surface area contributed by atoms with Gasteiger partial charge >= 0.3 is 0 Å². The third kappa shape index (κ3) is 1.84. The summed E-state index contributed by atoms with van der Waals surface area (Å²) in [5.74, 6) is 0.641. The van der Waals surface area contributed by atoms with E-state index in [9.17, 15) is 0 Å². The monoisotopic (exact) mass is 287 g/mol. The van der Waals surface area contributed by atoms with E-state index in [4.69, 9.17) is 0 Å². The quantitative estimate of drug-likeness (QED) is 0.691. The molecule has 16 heavy (non-hydrogen) atoms. The van der Waals surface area contributed by atoms with Gasteiger partial charge in [0.15, 0.2) is 0 Å². The number of hydrogen-bond donors (Lipinski definition) is 0. The first-order valence-corrected chi connectivity index (χ1v) is 5.97. The molecule has 0 N–H and O–H groups in total. The van der Waals surface area contributed by atoms with Crippen molar-refractivity contribution >= 4 is 10.8 Å². The van der Waals surface area contributed by atoms with Crippen molar-refractivity contribution < 1.29 is 26.2 Å². The Hall–Kier alpha value is -0.287. The van der Waals surface area contributed by atoms with Crippen LogP contribution in [0.1, 0.15) is 42.9 Å². The van der Waals surface area contributed by atoms with Gasteiger partial charge in [0.2, 0.25) is 0 Å². The van der Waals surface area contributed by atoms with Crippen molar-refractivity contribution in [1.29, 1.82) is 0 Å². The summed E-state index contributed by atoms with van der Waals surface area (Å²) in [5.41, 5.74) is 4.69. The fraction of sp³-hybridized carbons (Fsp3) is 0.400. The standard InChI is InChI=1S/C15H17.Zr/c1-10(2)14-7-6-13-8-11-4-3-5-12(11)9-15(13)14;/h6-10H,3-5H2,1-2H3;/q-1;. The van der Waals surface area contributed by atoms with Crippen LogP contribution in [-0.4, -0.2) is 0 Å². The molecule has 0 heterocycles. The molecule has 3 rings (SSSR count). The van der Waals surface area contributed by atoms with Crippen molar-refractivity contribution in [2.24, 2.45) is 0 Å². The molecule has 0 radical (unpaired) electrons. The number of aryl methyl sites for hydroxylation is 2. The topological polar surface area (TPSA) is 0 Å². The number of hydrogen-bond acceptors (Lipinski definition) is 0. The van der Waals surface area contributed by atoms with Crippen molar-refractivity contribution in [3.63, 3.8) is 0 Å². The third-order valence-electron chi connectivity index (χ3n) is 3.64. The van der Waals surface area contributed by atoms with Gasteiger partial charge in [0.05, 0.1) is 0 Å². The van der Waals surface area contributed by atoms with Crippen LogP contribution in [0.4, 0.5) is 0 Å². The molecular formula is C15H17Zr-. The van der Waals surface area contributed by atoms with E-state index in [2.05, 4.69) is 38.1 Å². The van der Waals surface area contributed by atoms with Gasteiger partial charge in [0.1, 0.15) is 0 Å². The fourth-order valence-corrected chi connectivity index (χ4v) is 2.80. The van der Waals surface area contributed by atoms with Gasteiger partial charge in [-0.2, -0.15) is 5.56 Å². The van der Waals surface area contributed by atoms with E-state index in [1.54, 1.807) is 11.1 Å². The Kier molecular flexibility index (Phi) is 3.45. The second-order valence-corrected chi connectivity index (χ2v) is 5.01. The van der Waals surface area contributed by atoms with Crippen molar-refractivity contribution in [1.82, 2.24) is 0 Å². The van der Waals surface area contributed by atoms with Gasteiger partial charge in [0, 0.05) is 26.2 Å². The van der Waals surface area contributed by atoms with Crippen molar-refractivity contribution in [2.75, 3.05) is 0 Å². The van der Waals surface area contributed by atoms with Gasteiger partial charge in [0.25, 0.3) is 0 Å². The normalized spacial score (nSPS) is 14.2. The summed E-state index contributed by atoms with van der Waals surface area (Å²) in [6, 6.07) is 9.42. The van der Waals surface area contributed by atoms with Gasteiger partial charge in [-0.05, 0) is 19.3 Å². The van der Waals surface area contributed by atoms with Gasteiger partial charge in [-0.3, -0.25) is 0 Å². The Morgan fingerprint density at radius 2 is 1.81 bits per heavy atom. The Bertz CT molecular complexity index is 505. The molecule has 0 nitrogen and oxygen atoms in total. The first-order chi connectivity index (χ1) is 7.25. The van der Waals surface area contributed by atoms with Crippen LogP contribution in [0.15, 0.2) is 24.3 Å². The van der Waals surface area contributed by atoms with Crippen LogP contribution in [0.2, 0.25) is 0 Å². The van der Waals surface area contributed by atoms with E-state index < -0.39 is 0 Å². The molecule has 0 atom stereocenters. The average molecular weight is 289 g/mol. The van der Waals surface area contributed by atoms with Gasteiger partial charge < -0.3 is 0 Å². The first kappa shape index (κ1) is 12.2. The van der Waals surface area contributed by atoms with Crippen LogP contribution in [0.5, 0.6) is 0 Å². The third-order valence-corrected chi connectivity index (χ3v) is 3.64. The minimum Gasteiger partial charge on any atom is -0.151 e. The van der Waals surface area contributed by atoms with E-state index in [1.807, 2.05) is 0 Å². The Balaban J connectivity index is 0.000000963. The summed E-state index contributed by atoms with van der Waals surface area (Å²) in [5, 5.41) is 2.94. The van der Waals surface area contributed by atoms with E-state index >= 15 is 0 Å². The number of rotatable bonds is 1. The molecule has 0 amide bonds. The summed E-state index contributed by atoms with van der Waals surface area (Å²) in [7, 11) is 0. The van der Waals surface area contributed by atoms with Gasteiger partial charge in [-0.1, -0.05) is 30.9 Å².